The molecule has 0 aliphatic heterocycles. The fraction of sp³-hybridized carbons (Fsp3) is 0.667. The fourth-order valence-corrected chi connectivity index (χ4v) is 2.71. The summed E-state index contributed by atoms with van der Waals surface area (Å²) in [5.74, 6) is 6.03. The molecule has 1 aromatic rings. The average molecular weight is 291 g/mol. The third-order valence-corrected chi connectivity index (χ3v) is 4.99. The van der Waals surface area contributed by atoms with Crippen LogP contribution in [0.2, 0.25) is 0 Å². The second-order valence-corrected chi connectivity index (χ2v) is 7.14. The lowest BCUT2D eigenvalue weighted by atomic mass is 10.0. The summed E-state index contributed by atoms with van der Waals surface area (Å²) in [7, 11) is 0. The molecule has 0 saturated heterocycles. The van der Waals surface area contributed by atoms with Crippen LogP contribution in [0.15, 0.2) is 6.20 Å². The summed E-state index contributed by atoms with van der Waals surface area (Å²) >= 11 is 0. The molecule has 1 aliphatic carbocycles. The maximum Gasteiger partial charge on any atom is 0.272 e. The highest BCUT2D eigenvalue weighted by atomic mass is 16.2. The van der Waals surface area contributed by atoms with Crippen LogP contribution < -0.4 is 16.6 Å². The Bertz CT molecular complexity index is 551. The van der Waals surface area contributed by atoms with Crippen molar-refractivity contribution in [2.24, 2.45) is 16.7 Å². The molecule has 2 rings (SSSR count). The van der Waals surface area contributed by atoms with Crippen LogP contribution in [-0.2, 0) is 0 Å². The van der Waals surface area contributed by atoms with Gasteiger partial charge >= 0.3 is 0 Å². The Balaban J connectivity index is 2.25. The highest BCUT2D eigenvalue weighted by molar-refractivity contribution is 5.97. The van der Waals surface area contributed by atoms with Gasteiger partial charge in [0, 0.05) is 12.0 Å². The monoisotopic (exact) mass is 291 g/mol. The Labute approximate surface area is 125 Å². The average Bonchev–Trinajstić information content (AvgIpc) is 2.80. The number of carbonyl (C=O) groups excluding carboxylic acids is 1. The first-order valence-electron chi connectivity index (χ1n) is 7.27. The van der Waals surface area contributed by atoms with Crippen molar-refractivity contribution in [3.63, 3.8) is 0 Å². The standard InChI is InChI=1S/C15H25N5O/c1-8(2)11-17-7-9(20-16)10(18-11)12(21)19-13-14(3,4)15(13,5)6/h7-8,13,20H,16H2,1-6H3,(H,19,21). The molecule has 1 aliphatic rings. The first kappa shape index (κ1) is 15.7. The van der Waals surface area contributed by atoms with E-state index in [4.69, 9.17) is 5.84 Å². The van der Waals surface area contributed by atoms with Gasteiger partial charge in [0.2, 0.25) is 0 Å². The summed E-state index contributed by atoms with van der Waals surface area (Å²) in [5.41, 5.74) is 3.38. The number of hydrazine groups is 1. The van der Waals surface area contributed by atoms with E-state index in [-0.39, 0.29) is 28.7 Å². The molecule has 0 bridgehead atoms. The minimum absolute atomic E-state index is 0.0763. The molecule has 0 aromatic carbocycles. The second-order valence-electron chi connectivity index (χ2n) is 7.14. The molecule has 1 aromatic heterocycles. The van der Waals surface area contributed by atoms with Crippen molar-refractivity contribution in [3.8, 4) is 0 Å². The summed E-state index contributed by atoms with van der Waals surface area (Å²) in [6, 6.07) is 0.126. The van der Waals surface area contributed by atoms with E-state index in [1.54, 1.807) is 6.20 Å². The number of nitrogens with zero attached hydrogens (tertiary/aromatic N) is 2. The Hall–Kier alpha value is -1.69. The first-order valence-corrected chi connectivity index (χ1v) is 7.27. The number of nitrogen functional groups attached to an aromatic ring is 1. The predicted molar refractivity (Wildman–Crippen MR) is 82.7 cm³/mol. The minimum Gasteiger partial charge on any atom is -0.347 e. The molecule has 116 valence electrons. The SMILES string of the molecule is CC(C)c1ncc(NN)c(C(=O)NC2C(C)(C)C2(C)C)n1. The van der Waals surface area contributed by atoms with Gasteiger partial charge in [-0.05, 0) is 10.8 Å². The molecule has 6 heteroatoms. The van der Waals surface area contributed by atoms with Gasteiger partial charge in [0.1, 0.15) is 5.82 Å². The van der Waals surface area contributed by atoms with Crippen LogP contribution in [0.5, 0.6) is 0 Å². The quantitative estimate of drug-likeness (QED) is 0.583. The van der Waals surface area contributed by atoms with Crippen molar-refractivity contribution in [2.45, 2.75) is 53.5 Å². The van der Waals surface area contributed by atoms with Gasteiger partial charge in [0.25, 0.3) is 5.91 Å². The lowest BCUT2D eigenvalue weighted by molar-refractivity contribution is 0.0939. The van der Waals surface area contributed by atoms with Crippen molar-refractivity contribution < 1.29 is 4.79 Å². The molecular weight excluding hydrogens is 266 g/mol. The largest absolute Gasteiger partial charge is 0.347 e. The highest BCUT2D eigenvalue weighted by Gasteiger charge is 2.65. The van der Waals surface area contributed by atoms with E-state index in [0.29, 0.717) is 17.2 Å². The second kappa shape index (κ2) is 4.94. The summed E-state index contributed by atoms with van der Waals surface area (Å²) in [6.45, 7) is 12.6. The molecule has 1 fully saturated rings. The van der Waals surface area contributed by atoms with Gasteiger partial charge in [-0.15, -0.1) is 0 Å². The molecule has 6 nitrogen and oxygen atoms in total. The van der Waals surface area contributed by atoms with Crippen molar-refractivity contribution in [2.75, 3.05) is 5.43 Å². The molecular formula is C15H25N5O. The van der Waals surface area contributed by atoms with Gasteiger partial charge in [-0.1, -0.05) is 41.5 Å². The first-order chi connectivity index (χ1) is 9.62. The van der Waals surface area contributed by atoms with E-state index in [2.05, 4.69) is 48.4 Å². The van der Waals surface area contributed by atoms with Gasteiger partial charge in [0.05, 0.1) is 11.9 Å². The van der Waals surface area contributed by atoms with Crippen molar-refractivity contribution in [1.82, 2.24) is 15.3 Å². The number of hydrogen-bond donors (Lipinski definition) is 3. The van der Waals surface area contributed by atoms with E-state index in [1.807, 2.05) is 13.8 Å². The Kier molecular flexibility index (Phi) is 3.70. The van der Waals surface area contributed by atoms with Gasteiger partial charge < -0.3 is 10.7 Å². The molecule has 0 radical (unpaired) electrons. The van der Waals surface area contributed by atoms with Crippen LogP contribution in [0.3, 0.4) is 0 Å². The maximum atomic E-state index is 12.5. The summed E-state index contributed by atoms with van der Waals surface area (Å²) in [5, 5.41) is 3.07. The lowest BCUT2D eigenvalue weighted by Crippen LogP contribution is -2.32. The molecule has 0 unspecified atom stereocenters. The van der Waals surface area contributed by atoms with Gasteiger partial charge in [-0.3, -0.25) is 10.6 Å². The number of nitrogens with one attached hydrogen (secondary N) is 2. The number of amides is 1. The molecule has 21 heavy (non-hydrogen) atoms. The zero-order chi connectivity index (χ0) is 16.0. The molecule has 0 atom stereocenters. The Morgan fingerprint density at radius 2 is 1.86 bits per heavy atom. The van der Waals surface area contributed by atoms with E-state index in [9.17, 15) is 4.79 Å². The summed E-state index contributed by atoms with van der Waals surface area (Å²) < 4.78 is 0. The fourth-order valence-electron chi connectivity index (χ4n) is 2.71. The summed E-state index contributed by atoms with van der Waals surface area (Å²) in [4.78, 5) is 21.1. The van der Waals surface area contributed by atoms with Gasteiger partial charge in [-0.25, -0.2) is 9.97 Å². The van der Waals surface area contributed by atoms with Crippen LogP contribution in [0.4, 0.5) is 5.69 Å². The smallest absolute Gasteiger partial charge is 0.272 e. The number of carbonyl (C=O) groups is 1. The van der Waals surface area contributed by atoms with Gasteiger partial charge in [-0.2, -0.15) is 0 Å². The number of anilines is 1. The van der Waals surface area contributed by atoms with Crippen LogP contribution in [0, 0.1) is 10.8 Å². The van der Waals surface area contributed by atoms with Crippen LogP contribution in [-0.4, -0.2) is 21.9 Å². The third-order valence-electron chi connectivity index (χ3n) is 4.99. The van der Waals surface area contributed by atoms with E-state index < -0.39 is 0 Å². The topological polar surface area (TPSA) is 92.9 Å². The van der Waals surface area contributed by atoms with E-state index in [1.165, 1.54) is 0 Å². The van der Waals surface area contributed by atoms with E-state index >= 15 is 0 Å². The third kappa shape index (κ3) is 2.48. The number of aromatic nitrogens is 2. The Morgan fingerprint density at radius 1 is 1.29 bits per heavy atom. The van der Waals surface area contributed by atoms with Crippen molar-refractivity contribution in [3.05, 3.63) is 17.7 Å². The Morgan fingerprint density at radius 3 is 2.29 bits per heavy atom. The van der Waals surface area contributed by atoms with E-state index in [0.717, 1.165) is 0 Å². The number of rotatable bonds is 4. The molecule has 4 N–H and O–H groups in total. The minimum atomic E-state index is -0.212. The lowest BCUT2D eigenvalue weighted by Gasteiger charge is -2.12. The van der Waals surface area contributed by atoms with Crippen LogP contribution in [0.25, 0.3) is 0 Å². The summed E-state index contributed by atoms with van der Waals surface area (Å²) in [6.07, 6.45) is 1.56. The normalized spacial score (nSPS) is 19.4. The van der Waals surface area contributed by atoms with Crippen molar-refractivity contribution >= 4 is 11.6 Å². The number of nitrogens with two attached hydrogens (primary N) is 1. The van der Waals surface area contributed by atoms with Crippen molar-refractivity contribution in [1.29, 1.82) is 0 Å². The molecule has 0 spiro atoms. The highest BCUT2D eigenvalue weighted by Crippen LogP contribution is 2.62. The molecule has 1 amide bonds. The van der Waals surface area contributed by atoms with Crippen LogP contribution in [0.1, 0.15) is 63.8 Å². The van der Waals surface area contributed by atoms with Gasteiger partial charge in [0.15, 0.2) is 5.69 Å². The maximum absolute atomic E-state index is 12.5. The predicted octanol–water partition coefficient (Wildman–Crippen LogP) is 2.05. The zero-order valence-corrected chi connectivity index (χ0v) is 13.6. The number of hydrogen-bond acceptors (Lipinski definition) is 5. The molecule has 1 saturated carbocycles. The zero-order valence-electron chi connectivity index (χ0n) is 13.6. The molecule has 1 heterocycles. The van der Waals surface area contributed by atoms with Crippen LogP contribution >= 0.6 is 0 Å².